The topological polar surface area (TPSA) is 74.6 Å². The summed E-state index contributed by atoms with van der Waals surface area (Å²) in [7, 11) is 0. The molecule has 1 aromatic carbocycles. The predicted octanol–water partition coefficient (Wildman–Crippen LogP) is 3.46. The zero-order chi connectivity index (χ0) is 24.7. The van der Waals surface area contributed by atoms with E-state index in [1.807, 2.05) is 19.1 Å². The molecular formula is C24H23F3N6O2. The Balaban J connectivity index is 1.41. The molecule has 1 fully saturated rings. The number of halogens is 3. The molecule has 3 aromatic rings. The number of hydrogen-bond donors (Lipinski definition) is 0. The van der Waals surface area contributed by atoms with Crippen LogP contribution in [0, 0.1) is 0 Å². The third-order valence-electron chi connectivity index (χ3n) is 6.46. The van der Waals surface area contributed by atoms with Crippen LogP contribution in [0.1, 0.15) is 29.0 Å². The van der Waals surface area contributed by atoms with Gasteiger partial charge in [0.2, 0.25) is 6.41 Å². The highest BCUT2D eigenvalue weighted by Gasteiger charge is 2.35. The number of benzene rings is 1. The molecule has 35 heavy (non-hydrogen) atoms. The van der Waals surface area contributed by atoms with Crippen molar-refractivity contribution >= 4 is 23.8 Å². The summed E-state index contributed by atoms with van der Waals surface area (Å²) in [6.07, 6.45) is -0.276. The van der Waals surface area contributed by atoms with Crippen LogP contribution >= 0.6 is 0 Å². The largest absolute Gasteiger partial charge is 0.416 e. The predicted molar refractivity (Wildman–Crippen MR) is 123 cm³/mol. The average molecular weight is 484 g/mol. The van der Waals surface area contributed by atoms with Crippen molar-refractivity contribution in [3.8, 4) is 11.1 Å². The molecule has 0 unspecified atom stereocenters. The maximum atomic E-state index is 13.5. The van der Waals surface area contributed by atoms with Crippen LogP contribution in [-0.4, -0.2) is 64.7 Å². The molecule has 0 saturated carbocycles. The van der Waals surface area contributed by atoms with Gasteiger partial charge in [0.25, 0.3) is 5.91 Å². The standard InChI is InChI=1S/C24H23F3N6O2/c1-16-14-32(19-5-3-18(4-6-19)24(25,26)27)23(35)22-20(13-29-33(16)22)17-2-7-21(28-12-17)31-10-8-30(15-34)9-11-31/h2-7,12-13,15-16H,8-11,14H2,1H3/t16-/m0/s1. The number of fused-ring (bicyclic) bond motifs is 1. The summed E-state index contributed by atoms with van der Waals surface area (Å²) in [6.45, 7) is 4.84. The average Bonchev–Trinajstić information content (AvgIpc) is 3.32. The van der Waals surface area contributed by atoms with Gasteiger partial charge in [-0.1, -0.05) is 0 Å². The van der Waals surface area contributed by atoms with Crippen LogP contribution in [0.3, 0.4) is 0 Å². The molecule has 0 radical (unpaired) electrons. The molecule has 11 heteroatoms. The third kappa shape index (κ3) is 4.22. The van der Waals surface area contributed by atoms with E-state index in [9.17, 15) is 22.8 Å². The fourth-order valence-electron chi connectivity index (χ4n) is 4.52. The normalized spacial score (nSPS) is 18.6. The number of piperazine rings is 1. The van der Waals surface area contributed by atoms with E-state index < -0.39 is 11.7 Å². The van der Waals surface area contributed by atoms with Crippen molar-refractivity contribution in [1.29, 1.82) is 0 Å². The molecule has 182 valence electrons. The van der Waals surface area contributed by atoms with Crippen molar-refractivity contribution in [2.45, 2.75) is 19.1 Å². The Morgan fingerprint density at radius 3 is 2.31 bits per heavy atom. The zero-order valence-corrected chi connectivity index (χ0v) is 18.9. The number of carbonyl (C=O) groups is 2. The highest BCUT2D eigenvalue weighted by atomic mass is 19.4. The van der Waals surface area contributed by atoms with E-state index >= 15 is 0 Å². The molecule has 2 amide bonds. The van der Waals surface area contributed by atoms with Gasteiger partial charge in [-0.05, 0) is 43.3 Å². The van der Waals surface area contributed by atoms with Crippen LogP contribution in [-0.2, 0) is 11.0 Å². The summed E-state index contributed by atoms with van der Waals surface area (Å²) in [5, 5.41) is 4.41. The van der Waals surface area contributed by atoms with Crippen LogP contribution in [0.5, 0.6) is 0 Å². The first-order valence-electron chi connectivity index (χ1n) is 11.2. The minimum atomic E-state index is -4.44. The van der Waals surface area contributed by atoms with Crippen LogP contribution < -0.4 is 9.80 Å². The Morgan fingerprint density at radius 1 is 1.00 bits per heavy atom. The highest BCUT2D eigenvalue weighted by molar-refractivity contribution is 6.09. The minimum Gasteiger partial charge on any atom is -0.353 e. The second-order valence-corrected chi connectivity index (χ2v) is 8.69. The number of alkyl halides is 3. The van der Waals surface area contributed by atoms with Crippen molar-refractivity contribution in [3.05, 3.63) is 60.0 Å². The number of amides is 2. The van der Waals surface area contributed by atoms with Crippen LogP contribution in [0.2, 0.25) is 0 Å². The monoisotopic (exact) mass is 484 g/mol. The van der Waals surface area contributed by atoms with Gasteiger partial charge in [-0.25, -0.2) is 4.98 Å². The number of hydrogen-bond acceptors (Lipinski definition) is 5. The highest BCUT2D eigenvalue weighted by Crippen LogP contribution is 2.35. The lowest BCUT2D eigenvalue weighted by Gasteiger charge is -2.33. The molecule has 2 aliphatic heterocycles. The summed E-state index contributed by atoms with van der Waals surface area (Å²) < 4.78 is 40.5. The van der Waals surface area contributed by atoms with Gasteiger partial charge in [0.15, 0.2) is 0 Å². The van der Waals surface area contributed by atoms with Crippen molar-refractivity contribution in [3.63, 3.8) is 0 Å². The summed E-state index contributed by atoms with van der Waals surface area (Å²) in [5.41, 5.74) is 1.34. The third-order valence-corrected chi connectivity index (χ3v) is 6.46. The van der Waals surface area contributed by atoms with Crippen molar-refractivity contribution in [2.75, 3.05) is 42.5 Å². The fraction of sp³-hybridized carbons (Fsp3) is 0.333. The molecule has 0 aliphatic carbocycles. The van der Waals surface area contributed by atoms with Gasteiger partial charge in [-0.15, -0.1) is 0 Å². The Hall–Kier alpha value is -3.89. The summed E-state index contributed by atoms with van der Waals surface area (Å²) >= 11 is 0. The minimum absolute atomic E-state index is 0.167. The van der Waals surface area contributed by atoms with E-state index in [-0.39, 0.29) is 11.9 Å². The van der Waals surface area contributed by atoms with E-state index in [1.165, 1.54) is 17.0 Å². The number of aromatic nitrogens is 3. The molecule has 0 spiro atoms. The SMILES string of the molecule is C[C@H]1CN(c2ccc(C(F)(F)F)cc2)C(=O)c2c(-c3ccc(N4CCN(C=O)CC4)nc3)cnn21. The fourth-order valence-corrected chi connectivity index (χ4v) is 4.52. The van der Waals surface area contributed by atoms with Gasteiger partial charge in [0.05, 0.1) is 17.8 Å². The first kappa shape index (κ1) is 22.9. The zero-order valence-electron chi connectivity index (χ0n) is 18.9. The molecule has 4 heterocycles. The van der Waals surface area contributed by atoms with Crippen molar-refractivity contribution < 1.29 is 22.8 Å². The van der Waals surface area contributed by atoms with Crippen LogP contribution in [0.25, 0.3) is 11.1 Å². The molecule has 0 bridgehead atoms. The van der Waals surface area contributed by atoms with Gasteiger partial charge in [0, 0.05) is 55.7 Å². The lowest BCUT2D eigenvalue weighted by Crippen LogP contribution is -2.46. The van der Waals surface area contributed by atoms with Crippen LogP contribution in [0.15, 0.2) is 48.8 Å². The van der Waals surface area contributed by atoms with Gasteiger partial charge in [-0.2, -0.15) is 18.3 Å². The molecule has 2 aromatic heterocycles. The number of anilines is 2. The van der Waals surface area contributed by atoms with Gasteiger partial charge in [0.1, 0.15) is 11.5 Å². The Kier molecular flexibility index (Phi) is 5.70. The summed E-state index contributed by atoms with van der Waals surface area (Å²) in [4.78, 5) is 34.2. The Bertz CT molecular complexity index is 1230. The van der Waals surface area contributed by atoms with Crippen molar-refractivity contribution in [2.24, 2.45) is 0 Å². The second kappa shape index (κ2) is 8.71. The van der Waals surface area contributed by atoms with E-state index in [4.69, 9.17) is 0 Å². The van der Waals surface area contributed by atoms with E-state index in [0.717, 1.165) is 29.9 Å². The molecular weight excluding hydrogens is 461 g/mol. The molecule has 5 rings (SSSR count). The quantitative estimate of drug-likeness (QED) is 0.531. The summed E-state index contributed by atoms with van der Waals surface area (Å²) in [6, 6.07) is 8.19. The molecule has 2 aliphatic rings. The maximum absolute atomic E-state index is 13.5. The Labute approximate surface area is 199 Å². The first-order chi connectivity index (χ1) is 16.8. The smallest absolute Gasteiger partial charge is 0.353 e. The number of rotatable bonds is 4. The van der Waals surface area contributed by atoms with Gasteiger partial charge in [-0.3, -0.25) is 14.3 Å². The maximum Gasteiger partial charge on any atom is 0.416 e. The number of pyridine rings is 1. The van der Waals surface area contributed by atoms with Crippen LogP contribution in [0.4, 0.5) is 24.7 Å². The Morgan fingerprint density at radius 2 is 1.71 bits per heavy atom. The molecule has 8 nitrogen and oxygen atoms in total. The summed E-state index contributed by atoms with van der Waals surface area (Å²) in [5.74, 6) is 0.454. The van der Waals surface area contributed by atoms with Gasteiger partial charge >= 0.3 is 6.18 Å². The van der Waals surface area contributed by atoms with E-state index in [1.54, 1.807) is 22.0 Å². The number of nitrogens with zero attached hydrogens (tertiary/aromatic N) is 6. The lowest BCUT2D eigenvalue weighted by molar-refractivity contribution is -0.137. The first-order valence-corrected chi connectivity index (χ1v) is 11.2. The lowest BCUT2D eigenvalue weighted by atomic mass is 10.0. The van der Waals surface area contributed by atoms with Crippen molar-refractivity contribution in [1.82, 2.24) is 19.7 Å². The van der Waals surface area contributed by atoms with Gasteiger partial charge < -0.3 is 14.7 Å². The second-order valence-electron chi connectivity index (χ2n) is 8.69. The van der Waals surface area contributed by atoms with E-state index in [2.05, 4.69) is 15.0 Å². The number of carbonyl (C=O) groups excluding carboxylic acids is 2. The molecule has 1 saturated heterocycles. The molecule has 0 N–H and O–H groups in total. The van der Waals surface area contributed by atoms with E-state index in [0.29, 0.717) is 49.7 Å². The molecule has 1 atom stereocenters.